The molecule has 0 radical (unpaired) electrons. The van der Waals surface area contributed by atoms with Crippen molar-refractivity contribution in [2.75, 3.05) is 5.32 Å². The second kappa shape index (κ2) is 6.19. The average Bonchev–Trinajstić information content (AvgIpc) is 3.11. The van der Waals surface area contributed by atoms with Crippen LogP contribution in [-0.4, -0.2) is 4.92 Å². The normalized spacial score (nSPS) is 23.7. The van der Waals surface area contributed by atoms with Gasteiger partial charge in [-0.2, -0.15) is 0 Å². The fourth-order valence-electron chi connectivity index (χ4n) is 4.05. The van der Waals surface area contributed by atoms with Gasteiger partial charge in [0.1, 0.15) is 0 Å². The first kappa shape index (κ1) is 16.2. The molecule has 1 aliphatic heterocycles. The van der Waals surface area contributed by atoms with E-state index in [1.807, 2.05) is 0 Å². The molecule has 0 bridgehead atoms. The summed E-state index contributed by atoms with van der Waals surface area (Å²) in [7, 11) is 0. The number of anilines is 1. The summed E-state index contributed by atoms with van der Waals surface area (Å²) in [6.07, 6.45) is 6.43. The Hall–Kier alpha value is -2.33. The first-order valence-corrected chi connectivity index (χ1v) is 8.96. The van der Waals surface area contributed by atoms with E-state index < -0.39 is 0 Å². The molecule has 0 fully saturated rings. The van der Waals surface area contributed by atoms with Crippen LogP contribution in [0.1, 0.15) is 42.0 Å². The fourth-order valence-corrected chi connectivity index (χ4v) is 4.29. The smallest absolute Gasteiger partial charge is 0.269 e. The van der Waals surface area contributed by atoms with E-state index in [-0.39, 0.29) is 16.7 Å². The lowest BCUT2D eigenvalue weighted by Crippen LogP contribution is -2.29. The molecule has 4 nitrogen and oxygen atoms in total. The van der Waals surface area contributed by atoms with Gasteiger partial charge < -0.3 is 5.32 Å². The van der Waals surface area contributed by atoms with Gasteiger partial charge in [0.25, 0.3) is 5.69 Å². The van der Waals surface area contributed by atoms with Gasteiger partial charge in [-0.25, -0.2) is 0 Å². The molecule has 2 aromatic rings. The molecule has 4 rings (SSSR count). The Morgan fingerprint density at radius 1 is 1.24 bits per heavy atom. The van der Waals surface area contributed by atoms with Gasteiger partial charge in [0.2, 0.25) is 0 Å². The van der Waals surface area contributed by atoms with Crippen molar-refractivity contribution < 1.29 is 4.92 Å². The number of allylic oxidation sites excluding steroid dienone is 2. The Morgan fingerprint density at radius 3 is 2.84 bits per heavy atom. The molecular weight excluding hydrogens is 336 g/mol. The molecule has 1 N–H and O–H groups in total. The van der Waals surface area contributed by atoms with Gasteiger partial charge in [-0.15, -0.1) is 0 Å². The van der Waals surface area contributed by atoms with Gasteiger partial charge in [-0.05, 0) is 42.0 Å². The lowest BCUT2D eigenvalue weighted by molar-refractivity contribution is -0.384. The number of nitrogens with zero attached hydrogens (tertiary/aromatic N) is 1. The molecule has 0 saturated carbocycles. The Labute approximate surface area is 151 Å². The SMILES string of the molecule is CCc1ccc2c(c1)[C@@H]1C=CC[C@H]1[C@H](c1cc([N+](=O)[O-])ccc1Cl)N2. The zero-order valence-corrected chi connectivity index (χ0v) is 14.7. The first-order valence-electron chi connectivity index (χ1n) is 8.58. The Balaban J connectivity index is 1.80. The molecule has 25 heavy (non-hydrogen) atoms. The van der Waals surface area contributed by atoms with Crippen molar-refractivity contribution in [3.05, 3.63) is 80.4 Å². The maximum Gasteiger partial charge on any atom is 0.269 e. The minimum atomic E-state index is -0.367. The first-order chi connectivity index (χ1) is 12.1. The maximum absolute atomic E-state index is 11.2. The van der Waals surface area contributed by atoms with Crippen LogP contribution in [0.5, 0.6) is 0 Å². The molecule has 0 unspecified atom stereocenters. The number of nitro groups is 1. The van der Waals surface area contributed by atoms with Crippen LogP contribution in [0.4, 0.5) is 11.4 Å². The van der Waals surface area contributed by atoms with E-state index in [1.54, 1.807) is 12.1 Å². The Kier molecular flexibility index (Phi) is 4.00. The van der Waals surface area contributed by atoms with E-state index in [4.69, 9.17) is 11.6 Å². The number of fused-ring (bicyclic) bond motifs is 3. The second-order valence-corrected chi connectivity index (χ2v) is 7.12. The van der Waals surface area contributed by atoms with Crippen molar-refractivity contribution in [3.8, 4) is 0 Å². The van der Waals surface area contributed by atoms with E-state index in [0.717, 1.165) is 24.1 Å². The number of non-ortho nitro benzene ring substituents is 1. The number of hydrogen-bond acceptors (Lipinski definition) is 3. The highest BCUT2D eigenvalue weighted by Crippen LogP contribution is 2.51. The van der Waals surface area contributed by atoms with Crippen LogP contribution in [0.3, 0.4) is 0 Å². The summed E-state index contributed by atoms with van der Waals surface area (Å²) in [6.45, 7) is 2.16. The predicted octanol–water partition coefficient (Wildman–Crippen LogP) is 5.64. The van der Waals surface area contributed by atoms with Crippen molar-refractivity contribution in [3.63, 3.8) is 0 Å². The predicted molar refractivity (Wildman–Crippen MR) is 100 cm³/mol. The van der Waals surface area contributed by atoms with Crippen LogP contribution in [0.2, 0.25) is 5.02 Å². The van der Waals surface area contributed by atoms with Crippen LogP contribution in [0.25, 0.3) is 0 Å². The van der Waals surface area contributed by atoms with Gasteiger partial charge in [-0.1, -0.05) is 42.8 Å². The quantitative estimate of drug-likeness (QED) is 0.441. The average molecular weight is 355 g/mol. The van der Waals surface area contributed by atoms with Crippen molar-refractivity contribution in [1.82, 2.24) is 0 Å². The van der Waals surface area contributed by atoms with Crippen LogP contribution < -0.4 is 5.32 Å². The van der Waals surface area contributed by atoms with Gasteiger partial charge in [0.05, 0.1) is 11.0 Å². The molecule has 1 aliphatic carbocycles. The minimum Gasteiger partial charge on any atom is -0.378 e. The number of nitro benzene ring substituents is 1. The molecular formula is C20H19ClN2O2. The van der Waals surface area contributed by atoms with Gasteiger partial charge in [0.15, 0.2) is 0 Å². The van der Waals surface area contributed by atoms with Crippen LogP contribution in [0, 0.1) is 16.0 Å². The zero-order valence-electron chi connectivity index (χ0n) is 13.9. The van der Waals surface area contributed by atoms with Crippen molar-refractivity contribution in [2.24, 2.45) is 5.92 Å². The van der Waals surface area contributed by atoms with Crippen LogP contribution in [0.15, 0.2) is 48.6 Å². The molecule has 2 aliphatic rings. The van der Waals surface area contributed by atoms with Crippen LogP contribution in [-0.2, 0) is 6.42 Å². The molecule has 0 spiro atoms. The van der Waals surface area contributed by atoms with Crippen molar-refractivity contribution in [1.29, 1.82) is 0 Å². The number of rotatable bonds is 3. The van der Waals surface area contributed by atoms with E-state index in [0.29, 0.717) is 16.9 Å². The summed E-state index contributed by atoms with van der Waals surface area (Å²) >= 11 is 6.42. The van der Waals surface area contributed by atoms with Crippen LogP contribution >= 0.6 is 11.6 Å². The van der Waals surface area contributed by atoms with E-state index >= 15 is 0 Å². The molecule has 0 saturated heterocycles. The van der Waals surface area contributed by atoms with Crippen molar-refractivity contribution >= 4 is 23.0 Å². The molecule has 0 amide bonds. The Bertz CT molecular complexity index is 878. The molecule has 3 atom stereocenters. The number of halogens is 1. The highest BCUT2D eigenvalue weighted by molar-refractivity contribution is 6.31. The number of nitrogens with one attached hydrogen (secondary N) is 1. The number of hydrogen-bond donors (Lipinski definition) is 1. The monoisotopic (exact) mass is 354 g/mol. The maximum atomic E-state index is 11.2. The molecule has 1 heterocycles. The highest BCUT2D eigenvalue weighted by atomic mass is 35.5. The molecule has 128 valence electrons. The summed E-state index contributed by atoms with van der Waals surface area (Å²) in [5.41, 5.74) is 4.62. The van der Waals surface area contributed by atoms with Gasteiger partial charge in [0, 0.05) is 34.3 Å². The van der Waals surface area contributed by atoms with E-state index in [2.05, 4.69) is 42.6 Å². The summed E-state index contributed by atoms with van der Waals surface area (Å²) < 4.78 is 0. The second-order valence-electron chi connectivity index (χ2n) is 6.71. The minimum absolute atomic E-state index is 0.0348. The fraction of sp³-hybridized carbons (Fsp3) is 0.300. The third kappa shape index (κ3) is 2.71. The zero-order chi connectivity index (χ0) is 17.6. The third-order valence-electron chi connectivity index (χ3n) is 5.36. The lowest BCUT2D eigenvalue weighted by Gasteiger charge is -2.38. The van der Waals surface area contributed by atoms with Gasteiger partial charge in [-0.3, -0.25) is 10.1 Å². The lowest BCUT2D eigenvalue weighted by atomic mass is 9.76. The summed E-state index contributed by atoms with van der Waals surface area (Å²) in [5, 5.41) is 15.3. The summed E-state index contributed by atoms with van der Waals surface area (Å²) in [5.74, 6) is 0.641. The largest absolute Gasteiger partial charge is 0.378 e. The van der Waals surface area contributed by atoms with E-state index in [9.17, 15) is 10.1 Å². The third-order valence-corrected chi connectivity index (χ3v) is 5.71. The molecule has 2 aromatic carbocycles. The molecule has 5 heteroatoms. The number of aryl methyl sites for hydroxylation is 1. The topological polar surface area (TPSA) is 55.2 Å². The Morgan fingerprint density at radius 2 is 2.08 bits per heavy atom. The number of benzene rings is 2. The molecule has 0 aromatic heterocycles. The van der Waals surface area contributed by atoms with E-state index in [1.165, 1.54) is 17.2 Å². The highest BCUT2D eigenvalue weighted by Gasteiger charge is 2.39. The van der Waals surface area contributed by atoms with Crippen molar-refractivity contribution in [2.45, 2.75) is 31.7 Å². The van der Waals surface area contributed by atoms with Gasteiger partial charge >= 0.3 is 0 Å². The summed E-state index contributed by atoms with van der Waals surface area (Å²) in [4.78, 5) is 10.8. The standard InChI is InChI=1S/C20H19ClN2O2/c1-2-12-6-9-19-16(10-12)14-4-3-5-15(14)20(22-19)17-11-13(23(24)25)7-8-18(17)21/h3-4,6-11,14-15,20,22H,2,5H2,1H3/t14-,15-,20-/m1/s1. The summed E-state index contributed by atoms with van der Waals surface area (Å²) in [6, 6.07) is 11.2.